The molecule has 0 amide bonds. The highest BCUT2D eigenvalue weighted by molar-refractivity contribution is 6.28. The van der Waals surface area contributed by atoms with Crippen molar-refractivity contribution >= 4 is 162 Å². The first kappa shape index (κ1) is 84.4. The first-order chi connectivity index (χ1) is 72.8. The second kappa shape index (κ2) is 34.7. The molecule has 31 aromatic rings. The molecule has 0 atom stereocenters. The van der Waals surface area contributed by atoms with Crippen molar-refractivity contribution in [1.82, 2.24) is 28.7 Å². The maximum absolute atomic E-state index is 5.33. The minimum absolute atomic E-state index is 0.922. The maximum atomic E-state index is 5.33. The van der Waals surface area contributed by atoms with Gasteiger partial charge in [0.2, 0.25) is 0 Å². The summed E-state index contributed by atoms with van der Waals surface area (Å²) in [6, 6.07) is 193. The quantitative estimate of drug-likeness (QED) is 0.108. The smallest absolute Gasteiger partial charge is 0.145 e. The highest BCUT2D eigenvalue weighted by Crippen LogP contribution is 2.47. The van der Waals surface area contributed by atoms with E-state index >= 15 is 0 Å². The fourth-order valence-electron chi connectivity index (χ4n) is 23.2. The zero-order valence-electron chi connectivity index (χ0n) is 80.0. The number of aromatic nitrogens is 6. The lowest BCUT2D eigenvalue weighted by Crippen LogP contribution is -1.98. The molecule has 0 aliphatic carbocycles. The lowest BCUT2D eigenvalue weighted by molar-refractivity contribution is 1.10. The molecule has 0 saturated carbocycles. The summed E-state index contributed by atoms with van der Waals surface area (Å²) in [6.45, 7) is 0. The van der Waals surface area contributed by atoms with E-state index in [0.717, 1.165) is 95.5 Å². The van der Waals surface area contributed by atoms with Gasteiger partial charge in [-0.3, -0.25) is 13.7 Å². The van der Waals surface area contributed by atoms with E-state index in [1.807, 2.05) is 0 Å². The SMILES string of the molecule is c1ccc(-c2ccc3c(c2)nc(-c2ccc(-c4ccc5ccc6cccc7ccc4c5c67)cc2)n3-c2ccc(-c3ccc4ccccc4c3)cc2)cc1.c1ccc(-c2nc3cc(-c4ccc5ccc6cccc7ccc4c5c67)ccc3n2-c2ccc(-c3ccc4ccccc4c3)cc2)cc1.c1ccc(-c2nc3cc(-c4ccc5ccccc5c4)ccc3n2-c2ccc(-c3ccc4ccc5cccc6ccc3c4c56)cc2)cc1. The van der Waals surface area contributed by atoms with Crippen molar-refractivity contribution in [2.75, 3.05) is 0 Å². The van der Waals surface area contributed by atoms with Crippen LogP contribution < -0.4 is 0 Å². The highest BCUT2D eigenvalue weighted by Gasteiger charge is 2.25. The molecule has 31 rings (SSSR count). The van der Waals surface area contributed by atoms with Crippen LogP contribution in [0.2, 0.25) is 0 Å². The van der Waals surface area contributed by atoms with Gasteiger partial charge in [-0.1, -0.05) is 443 Å². The molecule has 0 saturated heterocycles. The van der Waals surface area contributed by atoms with E-state index in [4.69, 9.17) is 15.0 Å². The zero-order valence-corrected chi connectivity index (χ0v) is 80.0. The molecule has 3 heterocycles. The van der Waals surface area contributed by atoms with Gasteiger partial charge >= 0.3 is 0 Å². The molecule has 0 aliphatic heterocycles. The third kappa shape index (κ3) is 14.6. The average Bonchev–Trinajstić information content (AvgIpc) is 1.70. The lowest BCUT2D eigenvalue weighted by atomic mass is 9.90. The summed E-state index contributed by atoms with van der Waals surface area (Å²) in [4.78, 5) is 15.9. The standard InChI is InChI=1S/C51H32N2.2C45H28N2/c1-2-7-33(8-3-1)43-25-30-48-47(32-43)52-51(53(48)44-26-21-35(22-27-44)42-20-13-34-9-4-5-10-41(34)31-42)40-18-14-36(15-19-40)45-28-23-39-17-16-37-11-6-12-38-24-29-46(45)50(39)49(37)38;1-2-8-34(9-3-1)45-46-41-28-37(36-16-13-29-7-4-5-10-35(29)27-36)21-26-42(41)47(45)38-22-17-30(18-23-38)39-24-19-33-15-14-31-11-6-12-32-20-25-40(39)44(33)43(31)32;1-2-8-34(9-3-1)45-46-41-28-37(39-24-19-33-15-14-31-11-6-12-32-20-25-40(39)44(33)43(31)32)21-26-42(41)47(45)38-22-17-30(18-23-38)36-16-13-29-7-4-5-10-35(29)27-36/h1-32H;2*1-28H. The molecule has 0 spiro atoms. The second-order valence-electron chi connectivity index (χ2n) is 38.8. The maximum Gasteiger partial charge on any atom is 0.145 e. The van der Waals surface area contributed by atoms with Crippen LogP contribution in [0.1, 0.15) is 0 Å². The number of fused-ring (bicyclic) bond motifs is 6. The Balaban J connectivity index is 0.000000104. The Bertz CT molecular complexity index is 10500. The van der Waals surface area contributed by atoms with Gasteiger partial charge in [-0.05, 0) is 298 Å². The van der Waals surface area contributed by atoms with Crippen LogP contribution >= 0.6 is 0 Å². The van der Waals surface area contributed by atoms with Crippen molar-refractivity contribution in [2.45, 2.75) is 0 Å². The van der Waals surface area contributed by atoms with Gasteiger partial charge in [0, 0.05) is 33.8 Å². The van der Waals surface area contributed by atoms with Crippen LogP contribution in [0.25, 0.3) is 291 Å². The Morgan fingerprint density at radius 1 is 0.122 bits per heavy atom. The van der Waals surface area contributed by atoms with E-state index in [2.05, 4.69) is 548 Å². The normalized spacial score (nSPS) is 11.8. The summed E-state index contributed by atoms with van der Waals surface area (Å²) in [5.41, 5.74) is 29.5. The van der Waals surface area contributed by atoms with Gasteiger partial charge in [-0.25, -0.2) is 15.0 Å². The minimum Gasteiger partial charge on any atom is -0.292 e. The van der Waals surface area contributed by atoms with E-state index in [-0.39, 0.29) is 0 Å². The van der Waals surface area contributed by atoms with Crippen molar-refractivity contribution in [3.63, 3.8) is 0 Å². The second-order valence-corrected chi connectivity index (χ2v) is 38.8. The molecule has 147 heavy (non-hydrogen) atoms. The largest absolute Gasteiger partial charge is 0.292 e. The van der Waals surface area contributed by atoms with Crippen LogP contribution in [0, 0.1) is 0 Å². The van der Waals surface area contributed by atoms with Gasteiger partial charge in [0.25, 0.3) is 0 Å². The van der Waals surface area contributed by atoms with Gasteiger partial charge in [-0.15, -0.1) is 0 Å². The number of hydrogen-bond acceptors (Lipinski definition) is 3. The summed E-state index contributed by atoms with van der Waals surface area (Å²) in [6.07, 6.45) is 0. The zero-order chi connectivity index (χ0) is 96.7. The molecular formula is C141H88N6. The summed E-state index contributed by atoms with van der Waals surface area (Å²) in [7, 11) is 0. The number of hydrogen-bond donors (Lipinski definition) is 0. The molecule has 0 radical (unpaired) electrons. The predicted octanol–water partition coefficient (Wildman–Crippen LogP) is 37.9. The van der Waals surface area contributed by atoms with Crippen LogP contribution in [0.15, 0.2) is 534 Å². The fraction of sp³-hybridized carbons (Fsp3) is 0. The predicted molar refractivity (Wildman–Crippen MR) is 621 cm³/mol. The molecule has 0 fully saturated rings. The van der Waals surface area contributed by atoms with Crippen LogP contribution in [-0.2, 0) is 0 Å². The first-order valence-corrected chi connectivity index (χ1v) is 50.5. The molecule has 0 aliphatic rings. The van der Waals surface area contributed by atoms with E-state index in [1.54, 1.807) is 0 Å². The van der Waals surface area contributed by atoms with Crippen LogP contribution in [0.5, 0.6) is 0 Å². The Labute approximate surface area is 847 Å². The van der Waals surface area contributed by atoms with Crippen LogP contribution in [-0.4, -0.2) is 28.7 Å². The summed E-state index contributed by atoms with van der Waals surface area (Å²) in [5.74, 6) is 2.80. The van der Waals surface area contributed by atoms with Crippen molar-refractivity contribution < 1.29 is 0 Å². The highest BCUT2D eigenvalue weighted by atomic mass is 15.1. The first-order valence-electron chi connectivity index (χ1n) is 50.5. The number of imidazole rings is 3. The molecule has 6 nitrogen and oxygen atoms in total. The molecule has 6 heteroatoms. The van der Waals surface area contributed by atoms with Crippen molar-refractivity contribution in [3.8, 4) is 129 Å². The number of rotatable bonds is 13. The van der Waals surface area contributed by atoms with Crippen LogP contribution in [0.4, 0.5) is 0 Å². The molecule has 3 aromatic heterocycles. The van der Waals surface area contributed by atoms with E-state index in [1.165, 1.54) is 196 Å². The molecular weight excluding hydrogens is 1780 g/mol. The summed E-state index contributed by atoms with van der Waals surface area (Å²) >= 11 is 0. The molecule has 682 valence electrons. The summed E-state index contributed by atoms with van der Waals surface area (Å²) in [5, 5.41) is 30.9. The third-order valence-electron chi connectivity index (χ3n) is 30.4. The van der Waals surface area contributed by atoms with Gasteiger partial charge in [0.1, 0.15) is 17.5 Å². The summed E-state index contributed by atoms with van der Waals surface area (Å²) < 4.78 is 6.89. The lowest BCUT2D eigenvalue weighted by Gasteiger charge is -2.15. The monoisotopic (exact) mass is 1860 g/mol. The third-order valence-corrected chi connectivity index (χ3v) is 30.4. The molecule has 0 bridgehead atoms. The van der Waals surface area contributed by atoms with Gasteiger partial charge in [0.05, 0.1) is 33.1 Å². The van der Waals surface area contributed by atoms with Crippen LogP contribution in [0.3, 0.4) is 0 Å². The van der Waals surface area contributed by atoms with Crippen molar-refractivity contribution in [2.24, 2.45) is 0 Å². The Hall–Kier alpha value is -19.5. The Morgan fingerprint density at radius 2 is 0.333 bits per heavy atom. The topological polar surface area (TPSA) is 53.5 Å². The van der Waals surface area contributed by atoms with Crippen molar-refractivity contribution in [3.05, 3.63) is 534 Å². The van der Waals surface area contributed by atoms with E-state index in [0.29, 0.717) is 0 Å². The van der Waals surface area contributed by atoms with Crippen molar-refractivity contribution in [1.29, 1.82) is 0 Å². The molecule has 0 N–H and O–H groups in total. The Kier molecular flexibility index (Phi) is 19.9. The molecule has 28 aromatic carbocycles. The van der Waals surface area contributed by atoms with E-state index < -0.39 is 0 Å². The molecule has 0 unspecified atom stereocenters. The van der Waals surface area contributed by atoms with Gasteiger partial charge in [0.15, 0.2) is 0 Å². The number of nitrogens with zero attached hydrogens (tertiary/aromatic N) is 6. The van der Waals surface area contributed by atoms with E-state index in [9.17, 15) is 0 Å². The Morgan fingerprint density at radius 3 is 0.687 bits per heavy atom. The van der Waals surface area contributed by atoms with Gasteiger partial charge < -0.3 is 0 Å². The number of benzene rings is 28. The average molecular weight is 1870 g/mol. The van der Waals surface area contributed by atoms with Gasteiger partial charge in [-0.2, -0.15) is 0 Å². The minimum atomic E-state index is 0.922. The fourth-order valence-corrected chi connectivity index (χ4v) is 23.2.